The third kappa shape index (κ3) is 5.97. The van der Waals surface area contributed by atoms with Gasteiger partial charge in [-0.2, -0.15) is 4.98 Å². The van der Waals surface area contributed by atoms with Crippen molar-refractivity contribution in [1.82, 2.24) is 9.55 Å². The molecule has 12 heteroatoms. The van der Waals surface area contributed by atoms with Gasteiger partial charge in [-0.1, -0.05) is 12.8 Å². The van der Waals surface area contributed by atoms with Crippen LogP contribution in [0, 0.1) is 9.49 Å². The van der Waals surface area contributed by atoms with Gasteiger partial charge in [0.15, 0.2) is 24.3 Å². The van der Waals surface area contributed by atoms with Gasteiger partial charge in [0.2, 0.25) is 0 Å². The number of amides is 1. The Hall–Kier alpha value is -2.22. The SMILES string of the molecule is CC(=O)OC1C(OC(C)=O)[C@@H](C)O[C@H]1n1cc(I)c(NC(=O)OCC2CCCC2)nc1=O. The first kappa shape index (κ1) is 24.4. The molecule has 1 aliphatic carbocycles. The van der Waals surface area contributed by atoms with E-state index < -0.39 is 48.3 Å². The molecule has 2 fully saturated rings. The minimum Gasteiger partial charge on any atom is -0.456 e. The van der Waals surface area contributed by atoms with Crippen molar-refractivity contribution >= 4 is 46.4 Å². The van der Waals surface area contributed by atoms with Crippen LogP contribution in [0.15, 0.2) is 11.0 Å². The summed E-state index contributed by atoms with van der Waals surface area (Å²) >= 11 is 1.91. The largest absolute Gasteiger partial charge is 0.456 e. The Morgan fingerprint density at radius 3 is 2.44 bits per heavy atom. The van der Waals surface area contributed by atoms with E-state index in [1.807, 2.05) is 22.6 Å². The van der Waals surface area contributed by atoms with Crippen LogP contribution < -0.4 is 11.0 Å². The summed E-state index contributed by atoms with van der Waals surface area (Å²) in [5, 5.41) is 2.49. The highest BCUT2D eigenvalue weighted by molar-refractivity contribution is 14.1. The Morgan fingerprint density at radius 2 is 1.81 bits per heavy atom. The predicted molar refractivity (Wildman–Crippen MR) is 119 cm³/mol. The van der Waals surface area contributed by atoms with E-state index in [9.17, 15) is 19.2 Å². The van der Waals surface area contributed by atoms with Gasteiger partial charge in [-0.3, -0.25) is 19.5 Å². The van der Waals surface area contributed by atoms with E-state index in [4.69, 9.17) is 18.9 Å². The number of anilines is 1. The zero-order chi connectivity index (χ0) is 23.4. The molecular formula is C20H26IN3O8. The van der Waals surface area contributed by atoms with Gasteiger partial charge in [-0.25, -0.2) is 9.59 Å². The molecule has 0 spiro atoms. The number of aromatic nitrogens is 2. The number of halogens is 1. The van der Waals surface area contributed by atoms with E-state index in [2.05, 4.69) is 10.3 Å². The van der Waals surface area contributed by atoms with Crippen LogP contribution in [0.1, 0.15) is 52.7 Å². The lowest BCUT2D eigenvalue weighted by Gasteiger charge is -2.23. The van der Waals surface area contributed by atoms with E-state index >= 15 is 0 Å². The fraction of sp³-hybridized carbons (Fsp3) is 0.650. The van der Waals surface area contributed by atoms with Crippen molar-refractivity contribution in [3.8, 4) is 0 Å². The molecule has 1 saturated carbocycles. The summed E-state index contributed by atoms with van der Waals surface area (Å²) in [4.78, 5) is 51.9. The van der Waals surface area contributed by atoms with Gasteiger partial charge in [0, 0.05) is 20.0 Å². The number of hydrogen-bond acceptors (Lipinski definition) is 9. The molecule has 2 unspecified atom stereocenters. The second-order valence-electron chi connectivity index (χ2n) is 7.88. The first-order valence-electron chi connectivity index (χ1n) is 10.4. The molecule has 1 aliphatic heterocycles. The van der Waals surface area contributed by atoms with Crippen molar-refractivity contribution in [1.29, 1.82) is 0 Å². The van der Waals surface area contributed by atoms with Gasteiger partial charge in [0.1, 0.15) is 0 Å². The average molecular weight is 563 g/mol. The number of rotatable bonds is 6. The summed E-state index contributed by atoms with van der Waals surface area (Å²) in [7, 11) is 0. The first-order valence-corrected chi connectivity index (χ1v) is 11.5. The maximum Gasteiger partial charge on any atom is 0.412 e. The Morgan fingerprint density at radius 1 is 1.19 bits per heavy atom. The molecule has 1 N–H and O–H groups in total. The minimum absolute atomic E-state index is 0.0508. The van der Waals surface area contributed by atoms with Crippen molar-refractivity contribution < 1.29 is 33.3 Å². The summed E-state index contributed by atoms with van der Waals surface area (Å²) in [5.41, 5.74) is -0.741. The topological polar surface area (TPSA) is 135 Å². The maximum atomic E-state index is 12.7. The van der Waals surface area contributed by atoms with Crippen molar-refractivity contribution in [3.05, 3.63) is 20.3 Å². The third-order valence-electron chi connectivity index (χ3n) is 5.35. The zero-order valence-corrected chi connectivity index (χ0v) is 20.2. The second-order valence-corrected chi connectivity index (χ2v) is 9.04. The number of ether oxygens (including phenoxy) is 4. The van der Waals surface area contributed by atoms with E-state index in [0.29, 0.717) is 16.1 Å². The van der Waals surface area contributed by atoms with Crippen LogP contribution in [0.5, 0.6) is 0 Å². The van der Waals surface area contributed by atoms with Gasteiger partial charge < -0.3 is 18.9 Å². The number of hydrogen-bond donors (Lipinski definition) is 1. The quantitative estimate of drug-likeness (QED) is 0.315. The lowest BCUT2D eigenvalue weighted by molar-refractivity contribution is -0.165. The molecule has 0 radical (unpaired) electrons. The lowest BCUT2D eigenvalue weighted by Crippen LogP contribution is -2.40. The molecule has 4 atom stereocenters. The van der Waals surface area contributed by atoms with Gasteiger partial charge in [0.25, 0.3) is 0 Å². The van der Waals surface area contributed by atoms with E-state index in [-0.39, 0.29) is 5.82 Å². The van der Waals surface area contributed by atoms with Crippen LogP contribution in [0.2, 0.25) is 0 Å². The van der Waals surface area contributed by atoms with Crippen LogP contribution in [-0.2, 0) is 28.5 Å². The molecule has 0 bridgehead atoms. The second kappa shape index (κ2) is 10.6. The Labute approximate surface area is 198 Å². The van der Waals surface area contributed by atoms with Crippen LogP contribution in [0.4, 0.5) is 10.6 Å². The average Bonchev–Trinajstić information content (AvgIpc) is 3.32. The summed E-state index contributed by atoms with van der Waals surface area (Å²) in [6.45, 7) is 4.41. The van der Waals surface area contributed by atoms with Crippen LogP contribution in [-0.4, -0.2) is 52.5 Å². The fourth-order valence-electron chi connectivity index (χ4n) is 3.92. The Kier molecular flexibility index (Phi) is 8.09. The maximum absolute atomic E-state index is 12.7. The van der Waals surface area contributed by atoms with Gasteiger partial charge in [0.05, 0.1) is 16.3 Å². The van der Waals surface area contributed by atoms with Crippen molar-refractivity contribution in [2.75, 3.05) is 11.9 Å². The molecule has 2 aliphatic rings. The standard InChI is InChI=1S/C20H26IN3O8/c1-10-15(31-11(2)25)16(32-12(3)26)18(30-10)24-8-14(21)17(22-19(24)27)23-20(28)29-9-13-6-4-5-7-13/h8,10,13,15-16,18H,4-7,9H2,1-3H3,(H,22,23,27,28)/t10-,15?,16?,18-/m1/s1. The molecule has 3 rings (SSSR count). The van der Waals surface area contributed by atoms with Crippen molar-refractivity contribution in [3.63, 3.8) is 0 Å². The number of nitrogens with one attached hydrogen (secondary N) is 1. The predicted octanol–water partition coefficient (Wildman–Crippen LogP) is 2.37. The molecule has 176 valence electrons. The molecule has 11 nitrogen and oxygen atoms in total. The van der Waals surface area contributed by atoms with Crippen LogP contribution >= 0.6 is 22.6 Å². The monoisotopic (exact) mass is 563 g/mol. The van der Waals surface area contributed by atoms with Gasteiger partial charge in [-0.15, -0.1) is 0 Å². The highest BCUT2D eigenvalue weighted by atomic mass is 127. The summed E-state index contributed by atoms with van der Waals surface area (Å²) in [6, 6.07) is 0. The Bertz CT molecular complexity index is 930. The number of esters is 2. The number of carbonyl (C=O) groups is 3. The fourth-order valence-corrected chi connectivity index (χ4v) is 4.47. The lowest BCUT2D eigenvalue weighted by atomic mass is 10.1. The van der Waals surface area contributed by atoms with Crippen LogP contribution in [0.3, 0.4) is 0 Å². The number of carbonyl (C=O) groups excluding carboxylic acids is 3. The van der Waals surface area contributed by atoms with Gasteiger partial charge in [-0.05, 0) is 48.3 Å². The van der Waals surface area contributed by atoms with E-state index in [1.54, 1.807) is 6.92 Å². The Balaban J connectivity index is 1.76. The van der Waals surface area contributed by atoms with Gasteiger partial charge >= 0.3 is 23.7 Å². The molecule has 1 aromatic heterocycles. The summed E-state index contributed by atoms with van der Waals surface area (Å²) in [6.07, 6.45) is 1.46. The molecule has 2 heterocycles. The highest BCUT2D eigenvalue weighted by Crippen LogP contribution is 2.33. The first-order chi connectivity index (χ1) is 15.2. The molecule has 0 aromatic carbocycles. The third-order valence-corrected chi connectivity index (χ3v) is 6.14. The van der Waals surface area contributed by atoms with E-state index in [0.717, 1.165) is 30.3 Å². The zero-order valence-electron chi connectivity index (χ0n) is 18.0. The summed E-state index contributed by atoms with van der Waals surface area (Å²) < 4.78 is 23.2. The molecule has 1 aromatic rings. The smallest absolute Gasteiger partial charge is 0.412 e. The normalized spacial score (nSPS) is 25.4. The van der Waals surface area contributed by atoms with Crippen molar-refractivity contribution in [2.24, 2.45) is 5.92 Å². The molecule has 1 amide bonds. The minimum atomic E-state index is -1.06. The molecule has 1 saturated heterocycles. The summed E-state index contributed by atoms with van der Waals surface area (Å²) in [5.74, 6) is -0.770. The van der Waals surface area contributed by atoms with Crippen LogP contribution in [0.25, 0.3) is 0 Å². The number of nitrogens with zero attached hydrogens (tertiary/aromatic N) is 2. The van der Waals surface area contributed by atoms with E-state index in [1.165, 1.54) is 20.0 Å². The molecule has 32 heavy (non-hydrogen) atoms. The molecular weight excluding hydrogens is 537 g/mol. The highest BCUT2D eigenvalue weighted by Gasteiger charge is 2.48. The van der Waals surface area contributed by atoms with Crippen molar-refractivity contribution in [2.45, 2.75) is 71.0 Å².